The Labute approximate surface area is 101 Å². The minimum atomic E-state index is -3.39. The Bertz CT molecular complexity index is 522. The quantitative estimate of drug-likeness (QED) is 0.814. The van der Waals surface area contributed by atoms with Crippen LogP contribution in [0, 0.1) is 0 Å². The monoisotopic (exact) mass is 257 g/mol. The summed E-state index contributed by atoms with van der Waals surface area (Å²) in [5.74, 6) is 0.206. The molecular weight excluding hydrogens is 242 g/mol. The zero-order chi connectivity index (χ0) is 13.1. The van der Waals surface area contributed by atoms with Crippen LogP contribution in [0.1, 0.15) is 24.2 Å². The van der Waals surface area contributed by atoms with Crippen LogP contribution >= 0.6 is 0 Å². The van der Waals surface area contributed by atoms with Gasteiger partial charge < -0.3 is 4.74 Å². The number of nitrogens with one attached hydrogen (secondary N) is 1. The predicted molar refractivity (Wildman–Crippen MR) is 66.1 cm³/mol. The van der Waals surface area contributed by atoms with Gasteiger partial charge >= 0.3 is 0 Å². The number of hydrogen-bond donors (Lipinski definition) is 1. The van der Waals surface area contributed by atoms with E-state index in [4.69, 9.17) is 4.74 Å². The van der Waals surface area contributed by atoms with Gasteiger partial charge in [-0.05, 0) is 32.0 Å². The van der Waals surface area contributed by atoms with Crippen molar-refractivity contribution in [3.8, 4) is 5.75 Å². The van der Waals surface area contributed by atoms with Crippen molar-refractivity contribution in [2.24, 2.45) is 0 Å². The van der Waals surface area contributed by atoms with Crippen molar-refractivity contribution in [3.63, 3.8) is 0 Å². The summed E-state index contributed by atoms with van der Waals surface area (Å²) in [6, 6.07) is 4.61. The fraction of sp³-hybridized carbons (Fsp3) is 0.364. The Morgan fingerprint density at radius 3 is 2.53 bits per heavy atom. The number of rotatable bonds is 5. The number of carbonyl (C=O) groups is 1. The highest BCUT2D eigenvalue weighted by Crippen LogP contribution is 2.26. The van der Waals surface area contributed by atoms with Gasteiger partial charge in [-0.2, -0.15) is 0 Å². The molecule has 6 heteroatoms. The number of carbonyl (C=O) groups excluding carboxylic acids is 1. The second-order valence-electron chi connectivity index (χ2n) is 3.48. The van der Waals surface area contributed by atoms with Gasteiger partial charge in [0.25, 0.3) is 0 Å². The highest BCUT2D eigenvalue weighted by Gasteiger charge is 2.12. The Morgan fingerprint density at radius 1 is 1.41 bits per heavy atom. The van der Waals surface area contributed by atoms with Gasteiger partial charge in [0.15, 0.2) is 5.78 Å². The van der Waals surface area contributed by atoms with Gasteiger partial charge in [-0.25, -0.2) is 8.42 Å². The fourth-order valence-electron chi connectivity index (χ4n) is 1.25. The standard InChI is InChI=1S/C11H15NO4S/c1-4-17(14,15)12-10-7-9(8(2)13)5-6-11(10)16-3/h5-7,12H,4H2,1-3H3. The van der Waals surface area contributed by atoms with Gasteiger partial charge in [0.2, 0.25) is 10.0 Å². The van der Waals surface area contributed by atoms with E-state index in [9.17, 15) is 13.2 Å². The largest absolute Gasteiger partial charge is 0.495 e. The van der Waals surface area contributed by atoms with Crippen LogP contribution in [0.5, 0.6) is 5.75 Å². The lowest BCUT2D eigenvalue weighted by molar-refractivity contribution is 0.101. The first-order valence-electron chi connectivity index (χ1n) is 5.09. The molecule has 1 rings (SSSR count). The average Bonchev–Trinajstić information content (AvgIpc) is 2.28. The van der Waals surface area contributed by atoms with Gasteiger partial charge in [0.05, 0.1) is 18.6 Å². The number of ketones is 1. The molecule has 0 unspecified atom stereocenters. The molecule has 0 aliphatic heterocycles. The molecule has 0 spiro atoms. The molecule has 0 aliphatic carbocycles. The van der Waals surface area contributed by atoms with Gasteiger partial charge in [-0.1, -0.05) is 0 Å². The molecule has 0 saturated heterocycles. The second kappa shape index (κ2) is 5.18. The summed E-state index contributed by atoms with van der Waals surface area (Å²) in [4.78, 5) is 11.2. The molecule has 94 valence electrons. The third-order valence-electron chi connectivity index (χ3n) is 2.25. The maximum atomic E-state index is 11.5. The number of methoxy groups -OCH3 is 1. The van der Waals surface area contributed by atoms with E-state index in [-0.39, 0.29) is 17.2 Å². The predicted octanol–water partition coefficient (Wildman–Crippen LogP) is 1.66. The summed E-state index contributed by atoms with van der Waals surface area (Å²) in [6.45, 7) is 2.95. The second-order valence-corrected chi connectivity index (χ2v) is 5.49. The van der Waals surface area contributed by atoms with E-state index in [0.717, 1.165) is 0 Å². The summed E-state index contributed by atoms with van der Waals surface area (Å²) in [5, 5.41) is 0. The van der Waals surface area contributed by atoms with Crippen LogP contribution in [-0.4, -0.2) is 27.1 Å². The van der Waals surface area contributed by atoms with Crippen molar-refractivity contribution in [3.05, 3.63) is 23.8 Å². The highest BCUT2D eigenvalue weighted by molar-refractivity contribution is 7.92. The van der Waals surface area contributed by atoms with Gasteiger partial charge in [-0.15, -0.1) is 0 Å². The van der Waals surface area contributed by atoms with E-state index >= 15 is 0 Å². The molecule has 0 radical (unpaired) electrons. The number of sulfonamides is 1. The topological polar surface area (TPSA) is 72.5 Å². The maximum absolute atomic E-state index is 11.5. The van der Waals surface area contributed by atoms with Gasteiger partial charge in [0.1, 0.15) is 5.75 Å². The molecule has 0 fully saturated rings. The van der Waals surface area contributed by atoms with E-state index in [1.54, 1.807) is 12.1 Å². The summed E-state index contributed by atoms with van der Waals surface area (Å²) in [7, 11) is -1.95. The van der Waals surface area contributed by atoms with Crippen LogP contribution < -0.4 is 9.46 Å². The van der Waals surface area contributed by atoms with E-state index < -0.39 is 10.0 Å². The van der Waals surface area contributed by atoms with Crippen molar-refractivity contribution in [2.45, 2.75) is 13.8 Å². The first-order chi connectivity index (χ1) is 7.89. The first kappa shape index (κ1) is 13.5. The van der Waals surface area contributed by atoms with Crippen LogP contribution in [0.25, 0.3) is 0 Å². The molecular formula is C11H15NO4S. The molecule has 0 bridgehead atoms. The van der Waals surface area contributed by atoms with Crippen LogP contribution in [0.15, 0.2) is 18.2 Å². The Balaban J connectivity index is 3.19. The third-order valence-corrected chi connectivity index (χ3v) is 3.54. The van der Waals surface area contributed by atoms with E-state index in [1.165, 1.54) is 27.0 Å². The lowest BCUT2D eigenvalue weighted by atomic mass is 10.1. The molecule has 1 aromatic rings. The van der Waals surface area contributed by atoms with Crippen LogP contribution in [0.4, 0.5) is 5.69 Å². The minimum absolute atomic E-state index is 0.0412. The van der Waals surface area contributed by atoms with Gasteiger partial charge in [-0.3, -0.25) is 9.52 Å². The number of hydrogen-bond acceptors (Lipinski definition) is 4. The zero-order valence-corrected chi connectivity index (χ0v) is 10.8. The van der Waals surface area contributed by atoms with E-state index in [1.807, 2.05) is 0 Å². The number of benzene rings is 1. The van der Waals surface area contributed by atoms with Crippen LogP contribution in [-0.2, 0) is 10.0 Å². The molecule has 17 heavy (non-hydrogen) atoms. The molecule has 1 N–H and O–H groups in total. The normalized spacial score (nSPS) is 11.0. The lowest BCUT2D eigenvalue weighted by Crippen LogP contribution is -2.15. The Kier molecular flexibility index (Phi) is 4.11. The molecule has 0 heterocycles. The third kappa shape index (κ3) is 3.45. The van der Waals surface area contributed by atoms with Crippen molar-refractivity contribution in [1.82, 2.24) is 0 Å². The molecule has 0 saturated carbocycles. The zero-order valence-electron chi connectivity index (χ0n) is 9.98. The molecule has 5 nitrogen and oxygen atoms in total. The molecule has 0 atom stereocenters. The Hall–Kier alpha value is -1.56. The molecule has 0 aliphatic rings. The minimum Gasteiger partial charge on any atom is -0.495 e. The maximum Gasteiger partial charge on any atom is 0.232 e. The van der Waals surface area contributed by atoms with Gasteiger partial charge in [0, 0.05) is 5.56 Å². The summed E-state index contributed by atoms with van der Waals surface area (Å²) in [5.41, 5.74) is 0.710. The Morgan fingerprint density at radius 2 is 2.06 bits per heavy atom. The lowest BCUT2D eigenvalue weighted by Gasteiger charge is -2.11. The van der Waals surface area contributed by atoms with Crippen molar-refractivity contribution in [2.75, 3.05) is 17.6 Å². The van der Waals surface area contributed by atoms with Crippen LogP contribution in [0.2, 0.25) is 0 Å². The van der Waals surface area contributed by atoms with E-state index in [0.29, 0.717) is 11.3 Å². The van der Waals surface area contributed by atoms with Crippen LogP contribution in [0.3, 0.4) is 0 Å². The van der Waals surface area contributed by atoms with Crippen molar-refractivity contribution in [1.29, 1.82) is 0 Å². The molecule has 0 aromatic heterocycles. The number of anilines is 1. The summed E-state index contributed by atoms with van der Waals surface area (Å²) in [6.07, 6.45) is 0. The smallest absolute Gasteiger partial charge is 0.232 e. The number of ether oxygens (including phenoxy) is 1. The van der Waals surface area contributed by atoms with E-state index in [2.05, 4.69) is 4.72 Å². The SMILES string of the molecule is CCS(=O)(=O)Nc1cc(C(C)=O)ccc1OC. The summed E-state index contributed by atoms with van der Waals surface area (Å²) >= 11 is 0. The number of Topliss-reactive ketones (excluding diaryl/α,β-unsaturated/α-hetero) is 1. The van der Waals surface area contributed by atoms with Crippen molar-refractivity contribution >= 4 is 21.5 Å². The molecule has 0 amide bonds. The average molecular weight is 257 g/mol. The molecule has 1 aromatic carbocycles. The fourth-order valence-corrected chi connectivity index (χ4v) is 1.89. The highest BCUT2D eigenvalue weighted by atomic mass is 32.2. The first-order valence-corrected chi connectivity index (χ1v) is 6.74. The summed E-state index contributed by atoms with van der Waals surface area (Å²) < 4.78 is 30.3. The van der Waals surface area contributed by atoms with Crippen molar-refractivity contribution < 1.29 is 17.9 Å².